The summed E-state index contributed by atoms with van der Waals surface area (Å²) in [6.07, 6.45) is 4.64. The summed E-state index contributed by atoms with van der Waals surface area (Å²) in [5.74, 6) is 0.155. The molecule has 2 aromatic rings. The Labute approximate surface area is 239 Å². The summed E-state index contributed by atoms with van der Waals surface area (Å²) < 4.78 is 80.4. The summed E-state index contributed by atoms with van der Waals surface area (Å²) in [5, 5.41) is 0.0347. The van der Waals surface area contributed by atoms with Crippen LogP contribution in [0.2, 0.25) is 0 Å². The van der Waals surface area contributed by atoms with E-state index >= 15 is 0 Å². The predicted molar refractivity (Wildman–Crippen MR) is 149 cm³/mol. The van der Waals surface area contributed by atoms with Crippen molar-refractivity contribution in [2.24, 2.45) is 11.3 Å². The summed E-state index contributed by atoms with van der Waals surface area (Å²) in [7, 11) is -3.16. The number of benzene rings is 2. The van der Waals surface area contributed by atoms with E-state index in [4.69, 9.17) is 18.4 Å². The Balaban J connectivity index is 1.37. The first-order chi connectivity index (χ1) is 19.5. The topological polar surface area (TPSA) is 108 Å². The lowest BCUT2D eigenvalue weighted by Gasteiger charge is -2.72. The van der Waals surface area contributed by atoms with Gasteiger partial charge in [-0.05, 0) is 57.1 Å². The largest absolute Gasteiger partial charge is 0.493 e. The van der Waals surface area contributed by atoms with Crippen molar-refractivity contribution in [3.05, 3.63) is 76.4 Å². The molecule has 2 spiro atoms. The fraction of sp³-hybridized carbons (Fsp3) is 0.467. The molecule has 216 valence electrons. The van der Waals surface area contributed by atoms with Gasteiger partial charge in [0.1, 0.15) is 22.4 Å². The van der Waals surface area contributed by atoms with Gasteiger partial charge < -0.3 is 23.3 Å². The maximum atomic E-state index is 14.3. The van der Waals surface area contributed by atoms with Crippen LogP contribution in [0.4, 0.5) is 0 Å². The summed E-state index contributed by atoms with van der Waals surface area (Å²) in [6, 6.07) is 10.1. The predicted octanol–water partition coefficient (Wildman–Crippen LogP) is 2.88. The number of ether oxygens (including phenoxy) is 3. The maximum absolute atomic E-state index is 14.3. The van der Waals surface area contributed by atoms with Gasteiger partial charge in [-0.1, -0.05) is 35.9 Å². The molecule has 41 heavy (non-hydrogen) atoms. The van der Waals surface area contributed by atoms with E-state index in [1.807, 2.05) is 26.1 Å². The van der Waals surface area contributed by atoms with Gasteiger partial charge in [0, 0.05) is 24.1 Å². The minimum atomic E-state index is -4.33. The number of likely N-dealkylation sites (N-methyl/N-ethyl adjacent to an activating group) is 1. The van der Waals surface area contributed by atoms with Crippen LogP contribution >= 0.6 is 0 Å². The van der Waals surface area contributed by atoms with E-state index in [0.717, 1.165) is 28.6 Å². The molecule has 3 aliphatic heterocycles. The molecule has 1 saturated carbocycles. The third-order valence-corrected chi connectivity index (χ3v) is 14.0. The molecule has 0 amide bonds. The van der Waals surface area contributed by atoms with Gasteiger partial charge in [0.25, 0.3) is 0 Å². The van der Waals surface area contributed by atoms with Crippen molar-refractivity contribution in [3.8, 4) is 11.5 Å². The van der Waals surface area contributed by atoms with E-state index in [0.29, 0.717) is 24.3 Å². The van der Waals surface area contributed by atoms with E-state index in [9.17, 15) is 16.8 Å². The molecule has 2 aromatic carbocycles. The number of hydrogen-bond donors (Lipinski definition) is 0. The maximum Gasteiger partial charge on any atom is 0.338 e. The highest BCUT2D eigenvalue weighted by Gasteiger charge is 2.85. The molecule has 3 heterocycles. The van der Waals surface area contributed by atoms with Crippen molar-refractivity contribution in [1.82, 2.24) is 4.90 Å². The molecule has 4 aliphatic carbocycles. The van der Waals surface area contributed by atoms with E-state index in [2.05, 4.69) is 17.0 Å². The highest BCUT2D eigenvalue weighted by molar-refractivity contribution is 7.95. The highest BCUT2D eigenvalue weighted by Crippen LogP contribution is 2.77. The smallest absolute Gasteiger partial charge is 0.338 e. The minimum absolute atomic E-state index is 0.0457. The molecule has 7 aliphatic rings. The Morgan fingerprint density at radius 1 is 1.07 bits per heavy atom. The Morgan fingerprint density at radius 2 is 1.83 bits per heavy atom. The average Bonchev–Trinajstić information content (AvgIpc) is 3.44. The van der Waals surface area contributed by atoms with Gasteiger partial charge in [0.05, 0.1) is 29.1 Å². The fourth-order valence-electron chi connectivity index (χ4n) is 9.32. The van der Waals surface area contributed by atoms with Crippen LogP contribution in [-0.2, 0) is 40.7 Å². The Morgan fingerprint density at radius 3 is 2.54 bits per heavy atom. The van der Waals surface area contributed by atoms with Crippen LogP contribution in [0.5, 0.6) is 11.5 Å². The van der Waals surface area contributed by atoms with Gasteiger partial charge in [0.15, 0.2) is 21.3 Å². The Hall–Kier alpha value is -2.86. The standard InChI is InChI=1S/C30H31NO8S2/c1-17-5-8-19(9-6-17)41(34,35)39-21-16-40(32,33)26-24(21)30(37-4)12-11-28(26)22-15-18-7-10-20(36-3)25-23(18)29(28,27(30)38-25)13-14-31(22)2/h5-12,16,22,24,26-27H,13-15H2,1-4H3/t22-,24+,26+,27+,28+,29-,30-/m0/s1. The molecule has 0 radical (unpaired) electrons. The molecule has 9 nitrogen and oxygen atoms in total. The summed E-state index contributed by atoms with van der Waals surface area (Å²) in [6.45, 7) is 2.61. The van der Waals surface area contributed by atoms with Crippen molar-refractivity contribution < 1.29 is 35.2 Å². The average molecular weight is 598 g/mol. The Kier molecular flexibility index (Phi) is 4.88. The molecule has 11 heteroatoms. The lowest BCUT2D eigenvalue weighted by molar-refractivity contribution is -0.206. The van der Waals surface area contributed by atoms with Gasteiger partial charge in [-0.15, -0.1) is 0 Å². The molecule has 1 saturated heterocycles. The van der Waals surface area contributed by atoms with Gasteiger partial charge in [-0.2, -0.15) is 8.42 Å². The van der Waals surface area contributed by atoms with Crippen molar-refractivity contribution >= 4 is 20.0 Å². The van der Waals surface area contributed by atoms with E-state index in [-0.39, 0.29) is 16.7 Å². The molecular weight excluding hydrogens is 566 g/mol. The lowest BCUT2D eigenvalue weighted by Crippen LogP contribution is -2.83. The number of methoxy groups -OCH3 is 2. The molecule has 0 unspecified atom stereocenters. The molecular formula is C30H31NO8S2. The van der Waals surface area contributed by atoms with Crippen LogP contribution in [0, 0.1) is 18.3 Å². The highest BCUT2D eigenvalue weighted by atomic mass is 32.2. The third-order valence-electron chi connectivity index (χ3n) is 10.8. The SMILES string of the molecule is COc1ccc2c3c1O[C@H]1[C@]4(OC)C=C[C@@]5([C@H](C2)N(C)CC[C@]315)[C@H]1[C@H]4C(OS(=O)(=O)c2ccc(C)cc2)=CS1(=O)=O. The number of nitrogens with zero attached hydrogens (tertiary/aromatic N) is 1. The third kappa shape index (κ3) is 2.75. The van der Waals surface area contributed by atoms with Gasteiger partial charge >= 0.3 is 10.1 Å². The van der Waals surface area contributed by atoms with Crippen LogP contribution in [0.1, 0.15) is 23.1 Å². The fourth-order valence-corrected chi connectivity index (χ4v) is 12.7. The quantitative estimate of drug-likeness (QED) is 0.380. The van der Waals surface area contributed by atoms with Crippen LogP contribution in [0.25, 0.3) is 0 Å². The number of piperidine rings is 1. The first-order valence-corrected chi connectivity index (χ1v) is 16.8. The summed E-state index contributed by atoms with van der Waals surface area (Å²) in [4.78, 5) is 2.20. The van der Waals surface area contributed by atoms with Crippen LogP contribution in [0.3, 0.4) is 0 Å². The van der Waals surface area contributed by atoms with Gasteiger partial charge in [-0.25, -0.2) is 8.42 Å². The number of rotatable bonds is 5. The van der Waals surface area contributed by atoms with Crippen molar-refractivity contribution in [2.45, 2.75) is 53.1 Å². The van der Waals surface area contributed by atoms with Gasteiger partial charge in [0.2, 0.25) is 0 Å². The first kappa shape index (κ1) is 25.8. The van der Waals surface area contributed by atoms with Crippen LogP contribution in [0.15, 0.2) is 64.6 Å². The molecule has 2 fully saturated rings. The summed E-state index contributed by atoms with van der Waals surface area (Å²) in [5.41, 5.74) is 0.103. The molecule has 9 rings (SSSR count). The normalized spacial score (nSPS) is 38.6. The number of likely N-dealkylation sites (tertiary alicyclic amines) is 1. The second-order valence-electron chi connectivity index (χ2n) is 12.2. The summed E-state index contributed by atoms with van der Waals surface area (Å²) >= 11 is 0. The van der Waals surface area contributed by atoms with Crippen LogP contribution < -0.4 is 9.47 Å². The van der Waals surface area contributed by atoms with E-state index in [1.165, 1.54) is 19.2 Å². The molecule has 7 atom stereocenters. The lowest BCUT2D eigenvalue weighted by atomic mass is 9.37. The van der Waals surface area contributed by atoms with Gasteiger partial charge in [-0.3, -0.25) is 0 Å². The zero-order valence-corrected chi connectivity index (χ0v) is 24.8. The monoisotopic (exact) mass is 597 g/mol. The van der Waals surface area contributed by atoms with E-state index < -0.39 is 53.7 Å². The number of hydrogen-bond acceptors (Lipinski definition) is 9. The first-order valence-electron chi connectivity index (χ1n) is 13.8. The minimum Gasteiger partial charge on any atom is -0.493 e. The van der Waals surface area contributed by atoms with Crippen LogP contribution in [-0.4, -0.2) is 72.5 Å². The van der Waals surface area contributed by atoms with Crippen molar-refractivity contribution in [1.29, 1.82) is 0 Å². The molecule has 4 bridgehead atoms. The Bertz CT molecular complexity index is 1800. The molecule has 0 N–H and O–H groups in total. The van der Waals surface area contributed by atoms with E-state index in [1.54, 1.807) is 19.2 Å². The molecule has 0 aromatic heterocycles. The number of sulfone groups is 1. The number of aryl methyl sites for hydroxylation is 1. The zero-order chi connectivity index (χ0) is 28.7. The zero-order valence-electron chi connectivity index (χ0n) is 23.2. The second-order valence-corrected chi connectivity index (χ2v) is 15.7. The van der Waals surface area contributed by atoms with Crippen molar-refractivity contribution in [2.75, 3.05) is 27.8 Å². The second kappa shape index (κ2) is 7.75. The van der Waals surface area contributed by atoms with Crippen molar-refractivity contribution in [3.63, 3.8) is 0 Å².